The number of benzene rings is 3. The molecule has 1 heterocycles. The van der Waals surface area contributed by atoms with Crippen molar-refractivity contribution in [3.05, 3.63) is 78.4 Å². The van der Waals surface area contributed by atoms with E-state index in [4.69, 9.17) is 4.74 Å². The highest BCUT2D eigenvalue weighted by atomic mass is 35.5. The SMILES string of the molecule is Cl.c1ccc(C(CN2CCCC2)Oc2ccc3ccccc3c2)cc1. The molecule has 3 heteroatoms. The molecule has 130 valence electrons. The smallest absolute Gasteiger partial charge is 0.136 e. The molecule has 0 radical (unpaired) electrons. The van der Waals surface area contributed by atoms with Crippen LogP contribution in [-0.4, -0.2) is 24.5 Å². The summed E-state index contributed by atoms with van der Waals surface area (Å²) in [7, 11) is 0. The summed E-state index contributed by atoms with van der Waals surface area (Å²) in [5, 5.41) is 2.48. The van der Waals surface area contributed by atoms with E-state index in [0.717, 1.165) is 12.3 Å². The van der Waals surface area contributed by atoms with Gasteiger partial charge in [0.1, 0.15) is 11.9 Å². The van der Waals surface area contributed by atoms with Crippen molar-refractivity contribution in [2.45, 2.75) is 18.9 Å². The molecule has 3 aromatic rings. The molecule has 1 aliphatic rings. The summed E-state index contributed by atoms with van der Waals surface area (Å²) < 4.78 is 6.43. The van der Waals surface area contributed by atoms with Crippen LogP contribution in [0, 0.1) is 0 Å². The Morgan fingerprint density at radius 3 is 2.24 bits per heavy atom. The van der Waals surface area contributed by atoms with Crippen molar-refractivity contribution >= 4 is 23.2 Å². The van der Waals surface area contributed by atoms with Crippen LogP contribution in [0.4, 0.5) is 0 Å². The van der Waals surface area contributed by atoms with Gasteiger partial charge in [0.2, 0.25) is 0 Å². The lowest BCUT2D eigenvalue weighted by atomic mass is 10.1. The van der Waals surface area contributed by atoms with Gasteiger partial charge in [0.05, 0.1) is 0 Å². The van der Waals surface area contributed by atoms with E-state index in [1.165, 1.54) is 42.3 Å². The van der Waals surface area contributed by atoms with Gasteiger partial charge in [-0.25, -0.2) is 0 Å². The largest absolute Gasteiger partial charge is 0.484 e. The second-order valence-corrected chi connectivity index (χ2v) is 6.53. The van der Waals surface area contributed by atoms with E-state index in [9.17, 15) is 0 Å². The summed E-state index contributed by atoms with van der Waals surface area (Å²) in [5.74, 6) is 0.946. The van der Waals surface area contributed by atoms with E-state index < -0.39 is 0 Å². The monoisotopic (exact) mass is 353 g/mol. The zero-order chi connectivity index (χ0) is 16.2. The third kappa shape index (κ3) is 4.33. The van der Waals surface area contributed by atoms with E-state index in [0.29, 0.717) is 0 Å². The van der Waals surface area contributed by atoms with Gasteiger partial charge in [0.25, 0.3) is 0 Å². The second-order valence-electron chi connectivity index (χ2n) is 6.53. The molecule has 2 nitrogen and oxygen atoms in total. The molecular formula is C22H24ClNO. The van der Waals surface area contributed by atoms with Crippen LogP contribution in [0.25, 0.3) is 10.8 Å². The Morgan fingerprint density at radius 1 is 0.800 bits per heavy atom. The lowest BCUT2D eigenvalue weighted by molar-refractivity contribution is 0.148. The molecule has 1 atom stereocenters. The van der Waals surface area contributed by atoms with Gasteiger partial charge in [-0.2, -0.15) is 0 Å². The minimum absolute atomic E-state index is 0. The Kier molecular flexibility index (Phi) is 5.95. The van der Waals surface area contributed by atoms with E-state index >= 15 is 0 Å². The number of hydrogen-bond donors (Lipinski definition) is 0. The fourth-order valence-corrected chi connectivity index (χ4v) is 3.48. The summed E-state index contributed by atoms with van der Waals surface area (Å²) in [6.07, 6.45) is 2.68. The Morgan fingerprint density at radius 2 is 1.48 bits per heavy atom. The zero-order valence-corrected chi connectivity index (χ0v) is 15.1. The Hall–Kier alpha value is -2.03. The van der Waals surface area contributed by atoms with Gasteiger partial charge in [0.15, 0.2) is 0 Å². The summed E-state index contributed by atoms with van der Waals surface area (Å²) >= 11 is 0. The van der Waals surface area contributed by atoms with Crippen LogP contribution in [0.1, 0.15) is 24.5 Å². The predicted molar refractivity (Wildman–Crippen MR) is 107 cm³/mol. The average molecular weight is 354 g/mol. The number of hydrogen-bond acceptors (Lipinski definition) is 2. The van der Waals surface area contributed by atoms with Gasteiger partial charge in [-0.15, -0.1) is 12.4 Å². The highest BCUT2D eigenvalue weighted by Gasteiger charge is 2.20. The highest BCUT2D eigenvalue weighted by Crippen LogP contribution is 2.27. The molecule has 0 aromatic heterocycles. The van der Waals surface area contributed by atoms with Crippen LogP contribution in [0.2, 0.25) is 0 Å². The molecule has 0 N–H and O–H groups in total. The fourth-order valence-electron chi connectivity index (χ4n) is 3.48. The molecule has 0 spiro atoms. The number of rotatable bonds is 5. The molecular weight excluding hydrogens is 330 g/mol. The molecule has 0 aliphatic carbocycles. The number of likely N-dealkylation sites (tertiary alicyclic amines) is 1. The minimum Gasteiger partial charge on any atom is -0.484 e. The Labute approximate surface area is 155 Å². The highest BCUT2D eigenvalue weighted by molar-refractivity contribution is 5.85. The lowest BCUT2D eigenvalue weighted by Gasteiger charge is -2.25. The molecule has 0 saturated carbocycles. The number of ether oxygens (including phenoxy) is 1. The Bertz CT molecular complexity index is 799. The number of fused-ring (bicyclic) bond motifs is 1. The van der Waals surface area contributed by atoms with Gasteiger partial charge in [-0.1, -0.05) is 60.7 Å². The standard InChI is InChI=1S/C22H23NO.ClH/c1-2-9-19(10-3-1)22(17-23-14-6-7-15-23)24-21-13-12-18-8-4-5-11-20(18)16-21;/h1-5,8-13,16,22H,6-7,14-15,17H2;1H. The number of nitrogens with zero attached hydrogens (tertiary/aromatic N) is 1. The molecule has 25 heavy (non-hydrogen) atoms. The van der Waals surface area contributed by atoms with Crippen molar-refractivity contribution in [2.24, 2.45) is 0 Å². The van der Waals surface area contributed by atoms with Crippen molar-refractivity contribution in [3.8, 4) is 5.75 Å². The predicted octanol–water partition coefficient (Wildman–Crippen LogP) is 5.48. The van der Waals surface area contributed by atoms with Crippen LogP contribution >= 0.6 is 12.4 Å². The molecule has 3 aromatic carbocycles. The van der Waals surface area contributed by atoms with Crippen molar-refractivity contribution in [1.82, 2.24) is 4.90 Å². The summed E-state index contributed by atoms with van der Waals surface area (Å²) in [6, 6.07) is 25.4. The molecule has 4 rings (SSSR count). The average Bonchev–Trinajstić information content (AvgIpc) is 3.15. The van der Waals surface area contributed by atoms with E-state index in [1.54, 1.807) is 0 Å². The van der Waals surface area contributed by atoms with Gasteiger partial charge < -0.3 is 4.74 Å². The van der Waals surface area contributed by atoms with Crippen LogP contribution in [0.5, 0.6) is 5.75 Å². The fraction of sp³-hybridized carbons (Fsp3) is 0.273. The first-order chi connectivity index (χ1) is 11.9. The van der Waals surface area contributed by atoms with Gasteiger partial charge in [-0.05, 0) is 54.4 Å². The maximum atomic E-state index is 6.43. The topological polar surface area (TPSA) is 12.5 Å². The maximum Gasteiger partial charge on any atom is 0.136 e. The van der Waals surface area contributed by atoms with E-state index in [2.05, 4.69) is 77.7 Å². The first kappa shape index (κ1) is 17.8. The first-order valence-corrected chi connectivity index (χ1v) is 8.81. The molecule has 0 amide bonds. The van der Waals surface area contributed by atoms with Gasteiger partial charge >= 0.3 is 0 Å². The van der Waals surface area contributed by atoms with Crippen molar-refractivity contribution < 1.29 is 4.74 Å². The molecule has 1 unspecified atom stereocenters. The van der Waals surface area contributed by atoms with Crippen molar-refractivity contribution in [2.75, 3.05) is 19.6 Å². The van der Waals surface area contributed by atoms with Crippen molar-refractivity contribution in [1.29, 1.82) is 0 Å². The lowest BCUT2D eigenvalue weighted by Crippen LogP contribution is -2.28. The second kappa shape index (κ2) is 8.37. The molecule has 1 aliphatic heterocycles. The normalized spacial score (nSPS) is 15.7. The van der Waals surface area contributed by atoms with Crippen LogP contribution < -0.4 is 4.74 Å². The van der Waals surface area contributed by atoms with E-state index in [1.807, 2.05) is 0 Å². The summed E-state index contributed by atoms with van der Waals surface area (Å²) in [6.45, 7) is 3.33. The third-order valence-electron chi connectivity index (χ3n) is 4.79. The van der Waals surface area contributed by atoms with Crippen LogP contribution in [0.3, 0.4) is 0 Å². The van der Waals surface area contributed by atoms with Crippen molar-refractivity contribution in [3.63, 3.8) is 0 Å². The van der Waals surface area contributed by atoms with E-state index in [-0.39, 0.29) is 18.5 Å². The third-order valence-corrected chi connectivity index (χ3v) is 4.79. The Balaban J connectivity index is 0.00000182. The zero-order valence-electron chi connectivity index (χ0n) is 14.3. The minimum atomic E-state index is 0. The van der Waals surface area contributed by atoms with Crippen LogP contribution in [0.15, 0.2) is 72.8 Å². The molecule has 1 fully saturated rings. The number of halogens is 1. The van der Waals surface area contributed by atoms with Gasteiger partial charge in [0, 0.05) is 6.54 Å². The summed E-state index contributed by atoms with van der Waals surface area (Å²) in [5.41, 5.74) is 1.25. The maximum absolute atomic E-state index is 6.43. The quantitative estimate of drug-likeness (QED) is 0.602. The molecule has 0 bridgehead atoms. The molecule has 1 saturated heterocycles. The summed E-state index contributed by atoms with van der Waals surface area (Å²) in [4.78, 5) is 2.51. The van der Waals surface area contributed by atoms with Gasteiger partial charge in [-0.3, -0.25) is 4.90 Å². The first-order valence-electron chi connectivity index (χ1n) is 8.81. The van der Waals surface area contributed by atoms with Crippen LogP contribution in [-0.2, 0) is 0 Å².